The van der Waals surface area contributed by atoms with Gasteiger partial charge in [0.1, 0.15) is 11.6 Å². The molecule has 0 aliphatic rings. The standard InChI is InChI=1S/C11H10FN5O/c1-13-9-8(5-7(12)6-16-9)10(18)17-11-14-3-2-4-15-11/h2-6H,1H3,(H,13,16)(H,14,15,17,18). The normalized spacial score (nSPS) is 9.89. The van der Waals surface area contributed by atoms with Crippen LogP contribution in [0.1, 0.15) is 10.4 Å². The lowest BCUT2D eigenvalue weighted by molar-refractivity contribution is 0.102. The van der Waals surface area contributed by atoms with Crippen molar-refractivity contribution in [3.8, 4) is 0 Å². The number of hydrogen-bond donors (Lipinski definition) is 2. The number of rotatable bonds is 3. The number of carbonyl (C=O) groups is 1. The molecule has 1 amide bonds. The van der Waals surface area contributed by atoms with Crippen molar-refractivity contribution in [2.24, 2.45) is 0 Å². The Labute approximate surface area is 102 Å². The summed E-state index contributed by atoms with van der Waals surface area (Å²) in [4.78, 5) is 23.4. The van der Waals surface area contributed by atoms with Crippen molar-refractivity contribution in [2.75, 3.05) is 17.7 Å². The van der Waals surface area contributed by atoms with Crippen LogP contribution in [0.25, 0.3) is 0 Å². The maximum absolute atomic E-state index is 13.1. The van der Waals surface area contributed by atoms with Crippen molar-refractivity contribution < 1.29 is 9.18 Å². The van der Waals surface area contributed by atoms with Gasteiger partial charge in [0.05, 0.1) is 11.8 Å². The largest absolute Gasteiger partial charge is 0.372 e. The topological polar surface area (TPSA) is 79.8 Å². The number of anilines is 2. The van der Waals surface area contributed by atoms with Gasteiger partial charge in [-0.3, -0.25) is 10.1 Å². The number of nitrogens with zero attached hydrogens (tertiary/aromatic N) is 3. The van der Waals surface area contributed by atoms with Gasteiger partial charge in [-0.25, -0.2) is 19.3 Å². The summed E-state index contributed by atoms with van der Waals surface area (Å²) in [6, 6.07) is 2.72. The van der Waals surface area contributed by atoms with E-state index in [2.05, 4.69) is 25.6 Å². The van der Waals surface area contributed by atoms with Gasteiger partial charge >= 0.3 is 0 Å². The lowest BCUT2D eigenvalue weighted by Gasteiger charge is -2.07. The van der Waals surface area contributed by atoms with Crippen LogP contribution >= 0.6 is 0 Å². The Bertz CT molecular complexity index is 561. The fraction of sp³-hybridized carbons (Fsp3) is 0.0909. The van der Waals surface area contributed by atoms with Gasteiger partial charge < -0.3 is 5.32 Å². The van der Waals surface area contributed by atoms with Crippen LogP contribution in [0.15, 0.2) is 30.7 Å². The molecule has 2 aromatic rings. The van der Waals surface area contributed by atoms with E-state index < -0.39 is 11.7 Å². The Hall–Kier alpha value is -2.57. The van der Waals surface area contributed by atoms with E-state index in [0.29, 0.717) is 0 Å². The molecule has 0 aliphatic heterocycles. The zero-order valence-electron chi connectivity index (χ0n) is 9.51. The average molecular weight is 247 g/mol. The fourth-order valence-corrected chi connectivity index (χ4v) is 1.34. The summed E-state index contributed by atoms with van der Waals surface area (Å²) in [7, 11) is 1.59. The molecular weight excluding hydrogens is 237 g/mol. The molecule has 0 aromatic carbocycles. The Morgan fingerprint density at radius 2 is 2.00 bits per heavy atom. The van der Waals surface area contributed by atoms with E-state index in [1.165, 1.54) is 12.4 Å². The predicted octanol–water partition coefficient (Wildman–Crippen LogP) is 1.30. The molecular formula is C11H10FN5O. The number of carbonyl (C=O) groups excluding carboxylic acids is 1. The third-order valence-electron chi connectivity index (χ3n) is 2.13. The molecule has 2 aromatic heterocycles. The molecule has 0 saturated heterocycles. The van der Waals surface area contributed by atoms with Gasteiger partial charge in [0.25, 0.3) is 5.91 Å². The number of hydrogen-bond acceptors (Lipinski definition) is 5. The molecule has 6 nitrogen and oxygen atoms in total. The summed E-state index contributed by atoms with van der Waals surface area (Å²) < 4.78 is 13.1. The monoisotopic (exact) mass is 247 g/mol. The summed E-state index contributed by atoms with van der Waals surface area (Å²) in [5.41, 5.74) is 0.0879. The lowest BCUT2D eigenvalue weighted by Crippen LogP contribution is -2.16. The highest BCUT2D eigenvalue weighted by Gasteiger charge is 2.14. The molecule has 0 spiro atoms. The van der Waals surface area contributed by atoms with E-state index in [9.17, 15) is 9.18 Å². The zero-order valence-corrected chi connectivity index (χ0v) is 9.51. The van der Waals surface area contributed by atoms with Gasteiger partial charge in [-0.15, -0.1) is 0 Å². The minimum absolute atomic E-state index is 0.0879. The van der Waals surface area contributed by atoms with Gasteiger partial charge in [-0.2, -0.15) is 0 Å². The number of nitrogens with one attached hydrogen (secondary N) is 2. The summed E-state index contributed by atoms with van der Waals surface area (Å²) in [5, 5.41) is 5.16. The van der Waals surface area contributed by atoms with Crippen LogP contribution in [-0.2, 0) is 0 Å². The third-order valence-corrected chi connectivity index (χ3v) is 2.13. The summed E-state index contributed by atoms with van der Waals surface area (Å²) in [6.07, 6.45) is 4.01. The maximum Gasteiger partial charge on any atom is 0.261 e. The van der Waals surface area contributed by atoms with Gasteiger partial charge in [-0.05, 0) is 12.1 Å². The fourth-order valence-electron chi connectivity index (χ4n) is 1.34. The van der Waals surface area contributed by atoms with Crippen LogP contribution in [0.3, 0.4) is 0 Å². The second kappa shape index (κ2) is 5.17. The van der Waals surface area contributed by atoms with Crippen LogP contribution in [0.5, 0.6) is 0 Å². The smallest absolute Gasteiger partial charge is 0.261 e. The Kier molecular flexibility index (Phi) is 3.42. The van der Waals surface area contributed by atoms with Crippen molar-refractivity contribution in [3.63, 3.8) is 0 Å². The molecule has 2 rings (SSSR count). The second-order valence-electron chi connectivity index (χ2n) is 3.33. The average Bonchev–Trinajstić information content (AvgIpc) is 2.40. The van der Waals surface area contributed by atoms with Gasteiger partial charge in [0, 0.05) is 19.4 Å². The van der Waals surface area contributed by atoms with E-state index in [4.69, 9.17) is 0 Å². The molecule has 2 heterocycles. The predicted molar refractivity (Wildman–Crippen MR) is 63.7 cm³/mol. The Morgan fingerprint density at radius 1 is 1.28 bits per heavy atom. The molecule has 92 valence electrons. The van der Waals surface area contributed by atoms with Gasteiger partial charge in [0.2, 0.25) is 5.95 Å². The van der Waals surface area contributed by atoms with Crippen molar-refractivity contribution >= 4 is 17.7 Å². The Balaban J connectivity index is 2.26. The number of pyridine rings is 1. The lowest BCUT2D eigenvalue weighted by atomic mass is 10.2. The summed E-state index contributed by atoms with van der Waals surface area (Å²) >= 11 is 0. The quantitative estimate of drug-likeness (QED) is 0.854. The van der Waals surface area contributed by atoms with E-state index >= 15 is 0 Å². The molecule has 18 heavy (non-hydrogen) atoms. The van der Waals surface area contributed by atoms with Crippen molar-refractivity contribution in [3.05, 3.63) is 42.1 Å². The summed E-state index contributed by atoms with van der Waals surface area (Å²) in [6.45, 7) is 0. The van der Waals surface area contributed by atoms with E-state index in [1.54, 1.807) is 13.1 Å². The molecule has 0 bridgehead atoms. The SMILES string of the molecule is CNc1ncc(F)cc1C(=O)Nc1ncccn1. The van der Waals surface area contributed by atoms with Crippen molar-refractivity contribution in [1.82, 2.24) is 15.0 Å². The number of halogens is 1. The third kappa shape index (κ3) is 2.57. The van der Waals surface area contributed by atoms with E-state index in [1.807, 2.05) is 0 Å². The molecule has 7 heteroatoms. The van der Waals surface area contributed by atoms with Crippen LogP contribution < -0.4 is 10.6 Å². The maximum atomic E-state index is 13.1. The number of amides is 1. The minimum atomic E-state index is -0.590. The van der Waals surface area contributed by atoms with Gasteiger partial charge in [0.15, 0.2) is 0 Å². The first kappa shape index (κ1) is 11.9. The molecule has 2 N–H and O–H groups in total. The van der Waals surface area contributed by atoms with Crippen molar-refractivity contribution in [1.29, 1.82) is 0 Å². The van der Waals surface area contributed by atoms with Crippen LogP contribution in [0.2, 0.25) is 0 Å². The highest BCUT2D eigenvalue weighted by atomic mass is 19.1. The van der Waals surface area contributed by atoms with Crippen LogP contribution in [-0.4, -0.2) is 27.9 Å². The van der Waals surface area contributed by atoms with Gasteiger partial charge in [-0.1, -0.05) is 0 Å². The zero-order chi connectivity index (χ0) is 13.0. The highest BCUT2D eigenvalue weighted by molar-refractivity contribution is 6.06. The molecule has 0 atom stereocenters. The molecule has 0 aliphatic carbocycles. The summed E-state index contributed by atoms with van der Waals surface area (Å²) in [5.74, 6) is -0.690. The van der Waals surface area contributed by atoms with Crippen LogP contribution in [0.4, 0.5) is 16.2 Å². The van der Waals surface area contributed by atoms with E-state index in [-0.39, 0.29) is 17.3 Å². The molecule has 0 saturated carbocycles. The molecule has 0 radical (unpaired) electrons. The van der Waals surface area contributed by atoms with Crippen LogP contribution in [0, 0.1) is 5.82 Å². The first-order valence-corrected chi connectivity index (χ1v) is 5.12. The number of aromatic nitrogens is 3. The van der Waals surface area contributed by atoms with Crippen molar-refractivity contribution in [2.45, 2.75) is 0 Å². The minimum Gasteiger partial charge on any atom is -0.372 e. The molecule has 0 unspecified atom stereocenters. The second-order valence-corrected chi connectivity index (χ2v) is 3.33. The highest BCUT2D eigenvalue weighted by Crippen LogP contribution is 2.14. The van der Waals surface area contributed by atoms with E-state index in [0.717, 1.165) is 12.3 Å². The Morgan fingerprint density at radius 3 is 2.67 bits per heavy atom. The first-order chi connectivity index (χ1) is 8.70. The first-order valence-electron chi connectivity index (χ1n) is 5.12. The molecule has 0 fully saturated rings.